The minimum absolute atomic E-state index is 0.319. The van der Waals surface area contributed by atoms with Gasteiger partial charge in [0.2, 0.25) is 0 Å². The van der Waals surface area contributed by atoms with Crippen LogP contribution in [-0.2, 0) is 0 Å². The van der Waals surface area contributed by atoms with Crippen LogP contribution >= 0.6 is 0 Å². The third-order valence-electron chi connectivity index (χ3n) is 7.96. The van der Waals surface area contributed by atoms with E-state index < -0.39 is 0 Å². The molecule has 0 aromatic heterocycles. The predicted molar refractivity (Wildman–Crippen MR) is 112 cm³/mol. The van der Waals surface area contributed by atoms with Gasteiger partial charge in [0.15, 0.2) is 0 Å². The Kier molecular flexibility index (Phi) is 6.49. The van der Waals surface area contributed by atoms with Gasteiger partial charge in [-0.25, -0.2) is 0 Å². The molecule has 3 saturated carbocycles. The first-order chi connectivity index (χ1) is 12.5. The Morgan fingerprint density at radius 1 is 1.23 bits per heavy atom. The zero-order valence-electron chi connectivity index (χ0n) is 17.4. The highest BCUT2D eigenvalue weighted by atomic mass is 16.3. The molecule has 0 amide bonds. The quantitative estimate of drug-likeness (QED) is 0.527. The first kappa shape index (κ1) is 19.9. The Labute approximate surface area is 161 Å². The molecule has 0 saturated heterocycles. The zero-order chi connectivity index (χ0) is 18.7. The van der Waals surface area contributed by atoms with Crippen LogP contribution in [0.1, 0.15) is 91.4 Å². The lowest BCUT2D eigenvalue weighted by Crippen LogP contribution is -2.36. The average Bonchev–Trinajstić information content (AvgIpc) is 2.98. The van der Waals surface area contributed by atoms with Crippen LogP contribution in [0, 0.1) is 23.2 Å². The van der Waals surface area contributed by atoms with Gasteiger partial charge in [0.05, 0.1) is 6.10 Å². The summed E-state index contributed by atoms with van der Waals surface area (Å²) in [5.41, 5.74) is 4.65. The van der Waals surface area contributed by atoms with E-state index in [1.807, 2.05) is 0 Å². The second kappa shape index (κ2) is 8.46. The molecule has 0 bridgehead atoms. The number of unbranched alkanes of at least 4 members (excludes halogenated alkanes) is 1. The van der Waals surface area contributed by atoms with Crippen LogP contribution in [0.3, 0.4) is 0 Å². The van der Waals surface area contributed by atoms with Crippen molar-refractivity contribution >= 4 is 0 Å². The second-order valence-corrected chi connectivity index (χ2v) is 9.66. The van der Waals surface area contributed by atoms with E-state index in [1.165, 1.54) is 56.9 Å². The Morgan fingerprint density at radius 2 is 2.04 bits per heavy atom. The average molecular weight is 357 g/mol. The number of fused-ring (bicyclic) bond motifs is 1. The summed E-state index contributed by atoms with van der Waals surface area (Å²) in [6, 6.07) is 0. The molecule has 3 fully saturated rings. The van der Waals surface area contributed by atoms with E-state index in [9.17, 15) is 5.11 Å². The van der Waals surface area contributed by atoms with Gasteiger partial charge in [0.1, 0.15) is 0 Å². The van der Waals surface area contributed by atoms with Crippen molar-refractivity contribution < 1.29 is 5.11 Å². The van der Waals surface area contributed by atoms with Crippen molar-refractivity contribution in [2.75, 3.05) is 0 Å². The molecule has 1 nitrogen and oxygen atoms in total. The fourth-order valence-corrected chi connectivity index (χ4v) is 6.30. The Hall–Kier alpha value is -0.820. The van der Waals surface area contributed by atoms with Crippen LogP contribution in [0.25, 0.3) is 0 Å². The van der Waals surface area contributed by atoms with Crippen molar-refractivity contribution in [1.29, 1.82) is 0 Å². The fraction of sp³-hybridized carbons (Fsp3) is 0.760. The zero-order valence-corrected chi connectivity index (χ0v) is 17.4. The largest absolute Gasteiger partial charge is 0.388 e. The molecule has 1 heteroatoms. The molecule has 0 heterocycles. The predicted octanol–water partition coefficient (Wildman–Crippen LogP) is 6.98. The molecular formula is C25H40O. The highest BCUT2D eigenvalue weighted by molar-refractivity contribution is 5.28. The van der Waals surface area contributed by atoms with Gasteiger partial charge in [-0.3, -0.25) is 0 Å². The molecule has 0 spiro atoms. The van der Waals surface area contributed by atoms with Crippen LogP contribution in [0.5, 0.6) is 0 Å². The molecule has 0 aromatic rings. The summed E-state index contributed by atoms with van der Waals surface area (Å²) < 4.78 is 0. The lowest BCUT2D eigenvalue weighted by atomic mass is 9.60. The van der Waals surface area contributed by atoms with Crippen LogP contribution in [0.2, 0.25) is 0 Å². The highest BCUT2D eigenvalue weighted by Gasteiger charge is 2.50. The summed E-state index contributed by atoms with van der Waals surface area (Å²) >= 11 is 0. The number of allylic oxidation sites excluding steroid dienone is 3. The SMILES string of the molecule is C=C1CC/C(=C/C=C2\CCCC3(C)C2CCC3C(C)CCCC)CC1O. The minimum atomic E-state index is -0.319. The molecule has 3 rings (SSSR count). The molecule has 3 aliphatic carbocycles. The minimum Gasteiger partial charge on any atom is -0.388 e. The maximum atomic E-state index is 10.1. The fourth-order valence-electron chi connectivity index (χ4n) is 6.30. The summed E-state index contributed by atoms with van der Waals surface area (Å²) in [5.74, 6) is 2.59. The van der Waals surface area contributed by atoms with Gasteiger partial charge in [0, 0.05) is 0 Å². The summed E-state index contributed by atoms with van der Waals surface area (Å²) in [5, 5.41) is 10.1. The smallest absolute Gasteiger partial charge is 0.0784 e. The summed E-state index contributed by atoms with van der Waals surface area (Å²) in [7, 11) is 0. The Balaban J connectivity index is 1.72. The van der Waals surface area contributed by atoms with E-state index >= 15 is 0 Å². The molecule has 0 radical (unpaired) electrons. The molecule has 1 N–H and O–H groups in total. The van der Waals surface area contributed by atoms with Crippen LogP contribution < -0.4 is 0 Å². The third kappa shape index (κ3) is 4.03. The summed E-state index contributed by atoms with van der Waals surface area (Å²) in [6.45, 7) is 11.4. The van der Waals surface area contributed by atoms with Gasteiger partial charge < -0.3 is 5.11 Å². The molecule has 5 atom stereocenters. The number of aliphatic hydroxyl groups excluding tert-OH is 1. The number of aliphatic hydroxyl groups is 1. The van der Waals surface area contributed by atoms with E-state index in [-0.39, 0.29) is 6.10 Å². The molecule has 3 aliphatic rings. The lowest BCUT2D eigenvalue weighted by Gasteiger charge is -2.44. The maximum absolute atomic E-state index is 10.1. The van der Waals surface area contributed by atoms with Gasteiger partial charge in [-0.15, -0.1) is 0 Å². The number of hydrogen-bond acceptors (Lipinski definition) is 1. The van der Waals surface area contributed by atoms with Gasteiger partial charge in [-0.05, 0) is 80.1 Å². The standard InChI is InChI=1S/C25H40O/c1-5-6-8-18(2)22-14-15-23-21(9-7-16-25(22,23)4)13-12-20-11-10-19(3)24(26)17-20/h12-13,18,22-24,26H,3,5-11,14-17H2,1-2,4H3/b20-12-,21-13+. The van der Waals surface area contributed by atoms with Crippen LogP contribution in [0.15, 0.2) is 35.5 Å². The van der Waals surface area contributed by atoms with Crippen molar-refractivity contribution in [3.05, 3.63) is 35.5 Å². The molecular weight excluding hydrogens is 316 g/mol. The topological polar surface area (TPSA) is 20.2 Å². The maximum Gasteiger partial charge on any atom is 0.0784 e. The van der Waals surface area contributed by atoms with Crippen LogP contribution in [0.4, 0.5) is 0 Å². The van der Waals surface area contributed by atoms with Crippen molar-refractivity contribution in [2.45, 2.75) is 97.5 Å². The third-order valence-corrected chi connectivity index (χ3v) is 7.96. The van der Waals surface area contributed by atoms with E-state index in [0.29, 0.717) is 5.41 Å². The molecule has 26 heavy (non-hydrogen) atoms. The van der Waals surface area contributed by atoms with Crippen molar-refractivity contribution in [3.8, 4) is 0 Å². The van der Waals surface area contributed by atoms with Gasteiger partial charge in [0.25, 0.3) is 0 Å². The number of hydrogen-bond donors (Lipinski definition) is 1. The van der Waals surface area contributed by atoms with E-state index in [0.717, 1.165) is 42.6 Å². The van der Waals surface area contributed by atoms with Crippen molar-refractivity contribution in [1.82, 2.24) is 0 Å². The van der Waals surface area contributed by atoms with Crippen molar-refractivity contribution in [3.63, 3.8) is 0 Å². The molecule has 0 aliphatic heterocycles. The molecule has 0 aromatic carbocycles. The monoisotopic (exact) mass is 356 g/mol. The van der Waals surface area contributed by atoms with Gasteiger partial charge in [-0.1, -0.05) is 69.9 Å². The van der Waals surface area contributed by atoms with Gasteiger partial charge in [-0.2, -0.15) is 0 Å². The highest BCUT2D eigenvalue weighted by Crippen LogP contribution is 2.59. The number of rotatable bonds is 5. The van der Waals surface area contributed by atoms with Crippen LogP contribution in [-0.4, -0.2) is 11.2 Å². The lowest BCUT2D eigenvalue weighted by molar-refractivity contribution is 0.0934. The first-order valence-electron chi connectivity index (χ1n) is 11.2. The Morgan fingerprint density at radius 3 is 2.77 bits per heavy atom. The molecule has 5 unspecified atom stereocenters. The Bertz CT molecular complexity index is 569. The second-order valence-electron chi connectivity index (χ2n) is 9.66. The van der Waals surface area contributed by atoms with E-state index in [1.54, 1.807) is 5.57 Å². The van der Waals surface area contributed by atoms with Gasteiger partial charge >= 0.3 is 0 Å². The molecule has 146 valence electrons. The van der Waals surface area contributed by atoms with E-state index in [4.69, 9.17) is 0 Å². The first-order valence-corrected chi connectivity index (χ1v) is 11.2. The normalized spacial score (nSPS) is 39.4. The summed E-state index contributed by atoms with van der Waals surface area (Å²) in [4.78, 5) is 0. The van der Waals surface area contributed by atoms with E-state index in [2.05, 4.69) is 39.5 Å². The van der Waals surface area contributed by atoms with Crippen molar-refractivity contribution in [2.24, 2.45) is 23.2 Å². The summed E-state index contributed by atoms with van der Waals surface area (Å²) in [6.07, 6.45) is 18.3.